The van der Waals surface area contributed by atoms with Gasteiger partial charge in [-0.15, -0.1) is 0 Å². The van der Waals surface area contributed by atoms with Crippen molar-refractivity contribution in [3.8, 4) is 0 Å². The van der Waals surface area contributed by atoms with E-state index in [-0.39, 0.29) is 35.2 Å². The lowest BCUT2D eigenvalue weighted by atomic mass is 9.80. The van der Waals surface area contributed by atoms with E-state index in [2.05, 4.69) is 0 Å². The van der Waals surface area contributed by atoms with Gasteiger partial charge in [0, 0.05) is 11.1 Å². The van der Waals surface area contributed by atoms with Crippen molar-refractivity contribution in [2.24, 2.45) is 11.8 Å². The third kappa shape index (κ3) is 3.35. The first-order chi connectivity index (χ1) is 11.5. The minimum Gasteiger partial charge on any atom is -0.478 e. The summed E-state index contributed by atoms with van der Waals surface area (Å²) in [5.41, 5.74) is 0.205. The molecule has 0 aromatic carbocycles. The zero-order valence-corrected chi connectivity index (χ0v) is 13.6. The molecule has 6 nitrogen and oxygen atoms in total. The molecule has 2 saturated heterocycles. The third-order valence-corrected chi connectivity index (χ3v) is 6.09. The molecule has 0 radical (unpaired) electrons. The molecule has 0 amide bonds. The second kappa shape index (κ2) is 6.15. The Morgan fingerprint density at radius 2 is 1.12 bits per heavy atom. The van der Waals surface area contributed by atoms with E-state index in [0.717, 1.165) is 38.5 Å². The van der Waals surface area contributed by atoms with Gasteiger partial charge in [-0.3, -0.25) is 0 Å². The standard InChI is InChI=1S/C18H24O6/c19-17(20)11(5-9-1-3-13-15(7-9)23-13)12(18(21)22)6-10-2-4-14-16(8-10)24-14/h9-10,13-16H,1-8H2,(H,19,20)(H,21,22). The van der Waals surface area contributed by atoms with Gasteiger partial charge in [-0.2, -0.15) is 0 Å². The predicted octanol–water partition coefficient (Wildman–Crippen LogP) is 2.37. The van der Waals surface area contributed by atoms with E-state index in [1.54, 1.807) is 0 Å². The molecule has 6 atom stereocenters. The number of rotatable bonds is 6. The molecule has 0 spiro atoms. The fraction of sp³-hybridized carbons (Fsp3) is 0.778. The van der Waals surface area contributed by atoms with Gasteiger partial charge in [-0.05, 0) is 63.2 Å². The zero-order valence-electron chi connectivity index (χ0n) is 13.6. The van der Waals surface area contributed by atoms with Gasteiger partial charge >= 0.3 is 11.9 Å². The first-order valence-electron chi connectivity index (χ1n) is 9.00. The Hall–Kier alpha value is -1.40. The van der Waals surface area contributed by atoms with Gasteiger partial charge in [0.05, 0.1) is 24.4 Å². The van der Waals surface area contributed by atoms with E-state index in [1.165, 1.54) is 0 Å². The number of hydrogen-bond acceptors (Lipinski definition) is 4. The van der Waals surface area contributed by atoms with E-state index in [0.29, 0.717) is 25.0 Å². The van der Waals surface area contributed by atoms with Gasteiger partial charge in [-0.25, -0.2) is 9.59 Å². The maximum atomic E-state index is 11.7. The van der Waals surface area contributed by atoms with E-state index in [1.807, 2.05) is 0 Å². The quantitative estimate of drug-likeness (QED) is 0.570. The van der Waals surface area contributed by atoms with Crippen molar-refractivity contribution in [1.82, 2.24) is 0 Å². The molecular weight excluding hydrogens is 312 g/mol. The van der Waals surface area contributed by atoms with Gasteiger partial charge in [0.2, 0.25) is 0 Å². The van der Waals surface area contributed by atoms with E-state index in [4.69, 9.17) is 9.47 Å². The largest absolute Gasteiger partial charge is 0.478 e. The second-order valence-corrected chi connectivity index (χ2v) is 7.76. The van der Waals surface area contributed by atoms with Gasteiger partial charge in [0.1, 0.15) is 0 Å². The number of carboxylic acids is 2. The third-order valence-electron chi connectivity index (χ3n) is 6.09. The van der Waals surface area contributed by atoms with Crippen LogP contribution in [-0.4, -0.2) is 46.6 Å². The number of epoxide rings is 2. The smallest absolute Gasteiger partial charge is 0.332 e. The maximum absolute atomic E-state index is 11.7. The molecule has 0 aromatic heterocycles. The Balaban J connectivity index is 1.48. The van der Waals surface area contributed by atoms with Crippen LogP contribution in [0.1, 0.15) is 51.4 Å². The molecule has 2 aliphatic carbocycles. The summed E-state index contributed by atoms with van der Waals surface area (Å²) in [4.78, 5) is 23.5. The molecule has 132 valence electrons. The maximum Gasteiger partial charge on any atom is 0.332 e. The summed E-state index contributed by atoms with van der Waals surface area (Å²) in [6.07, 6.45) is 7.46. The summed E-state index contributed by atoms with van der Waals surface area (Å²) >= 11 is 0. The van der Waals surface area contributed by atoms with Gasteiger partial charge < -0.3 is 19.7 Å². The summed E-state index contributed by atoms with van der Waals surface area (Å²) in [6.45, 7) is 0. The molecule has 2 saturated carbocycles. The van der Waals surface area contributed by atoms with Crippen molar-refractivity contribution in [2.45, 2.75) is 75.8 Å². The Labute approximate surface area is 140 Å². The number of hydrogen-bond donors (Lipinski definition) is 2. The molecule has 6 heteroatoms. The average Bonchev–Trinajstić information content (AvgIpc) is 3.42. The van der Waals surface area contributed by atoms with Crippen LogP contribution in [0.5, 0.6) is 0 Å². The number of carboxylic acid groups (broad SMARTS) is 2. The van der Waals surface area contributed by atoms with Crippen LogP contribution in [0.25, 0.3) is 0 Å². The van der Waals surface area contributed by atoms with Gasteiger partial charge in [0.25, 0.3) is 0 Å². The molecule has 4 fully saturated rings. The highest BCUT2D eigenvalue weighted by Gasteiger charge is 2.45. The normalized spacial score (nSPS) is 40.8. The van der Waals surface area contributed by atoms with Crippen LogP contribution in [0.15, 0.2) is 11.1 Å². The molecule has 2 heterocycles. The van der Waals surface area contributed by atoms with Crippen molar-refractivity contribution in [1.29, 1.82) is 0 Å². The molecule has 6 unspecified atom stereocenters. The molecule has 2 aliphatic heterocycles. The molecule has 4 aliphatic rings. The lowest BCUT2D eigenvalue weighted by Crippen LogP contribution is -2.21. The van der Waals surface area contributed by atoms with Crippen LogP contribution in [0.2, 0.25) is 0 Å². The fourth-order valence-electron chi connectivity index (χ4n) is 4.60. The topological polar surface area (TPSA) is 99.7 Å². The fourth-order valence-corrected chi connectivity index (χ4v) is 4.60. The predicted molar refractivity (Wildman–Crippen MR) is 83.5 cm³/mol. The van der Waals surface area contributed by atoms with Gasteiger partial charge in [-0.1, -0.05) is 0 Å². The summed E-state index contributed by atoms with van der Waals surface area (Å²) in [6, 6.07) is 0. The number of fused-ring (bicyclic) bond motifs is 2. The van der Waals surface area contributed by atoms with E-state index >= 15 is 0 Å². The van der Waals surface area contributed by atoms with Crippen LogP contribution in [0.3, 0.4) is 0 Å². The number of carbonyl (C=O) groups is 2. The van der Waals surface area contributed by atoms with Crippen LogP contribution >= 0.6 is 0 Å². The van der Waals surface area contributed by atoms with Crippen LogP contribution in [-0.2, 0) is 19.1 Å². The summed E-state index contributed by atoms with van der Waals surface area (Å²) in [5.74, 6) is -1.72. The van der Waals surface area contributed by atoms with Crippen molar-refractivity contribution < 1.29 is 29.3 Å². The SMILES string of the molecule is O=C(O)C(CC1CCC2OC2C1)=C(CC1CCC2OC2C1)C(=O)O. The van der Waals surface area contributed by atoms with Crippen molar-refractivity contribution in [3.63, 3.8) is 0 Å². The monoisotopic (exact) mass is 336 g/mol. The highest BCUT2D eigenvalue weighted by Crippen LogP contribution is 2.44. The van der Waals surface area contributed by atoms with Crippen molar-refractivity contribution >= 4 is 11.9 Å². The van der Waals surface area contributed by atoms with E-state index in [9.17, 15) is 19.8 Å². The number of aliphatic carboxylic acids is 2. The van der Waals surface area contributed by atoms with Crippen molar-refractivity contribution in [3.05, 3.63) is 11.1 Å². The Morgan fingerprint density at radius 1 is 0.708 bits per heavy atom. The number of ether oxygens (including phenoxy) is 2. The van der Waals surface area contributed by atoms with E-state index < -0.39 is 11.9 Å². The van der Waals surface area contributed by atoms with Crippen LogP contribution in [0.4, 0.5) is 0 Å². The highest BCUT2D eigenvalue weighted by atomic mass is 16.6. The Bertz CT molecular complexity index is 532. The highest BCUT2D eigenvalue weighted by molar-refractivity contribution is 5.98. The zero-order chi connectivity index (χ0) is 16.8. The molecule has 24 heavy (non-hydrogen) atoms. The lowest BCUT2D eigenvalue weighted by Gasteiger charge is -2.23. The summed E-state index contributed by atoms with van der Waals surface area (Å²) in [7, 11) is 0. The molecule has 4 rings (SSSR count). The summed E-state index contributed by atoms with van der Waals surface area (Å²) < 4.78 is 11.0. The van der Waals surface area contributed by atoms with Gasteiger partial charge in [0.15, 0.2) is 0 Å². The lowest BCUT2D eigenvalue weighted by molar-refractivity contribution is -0.136. The molecule has 0 bridgehead atoms. The first-order valence-corrected chi connectivity index (χ1v) is 9.00. The average molecular weight is 336 g/mol. The second-order valence-electron chi connectivity index (χ2n) is 7.76. The minimum absolute atomic E-state index is 0.102. The van der Waals surface area contributed by atoms with Crippen molar-refractivity contribution in [2.75, 3.05) is 0 Å². The first kappa shape index (κ1) is 16.1. The molecule has 2 N–H and O–H groups in total. The Kier molecular flexibility index (Phi) is 4.12. The summed E-state index contributed by atoms with van der Waals surface area (Å²) in [5, 5.41) is 19.2. The molecular formula is C18H24O6. The van der Waals surface area contributed by atoms with Crippen LogP contribution < -0.4 is 0 Å². The van der Waals surface area contributed by atoms with Crippen LogP contribution in [0, 0.1) is 11.8 Å². The minimum atomic E-state index is -1.08. The Morgan fingerprint density at radius 3 is 1.46 bits per heavy atom. The molecule has 0 aromatic rings.